The molecule has 0 fully saturated rings. The molecule has 0 aliphatic rings. The molecule has 9 heavy (non-hydrogen) atoms. The molecule has 2 nitrogen and oxygen atoms in total. The Morgan fingerprint density at radius 2 is 1.67 bits per heavy atom. The summed E-state index contributed by atoms with van der Waals surface area (Å²) in [6, 6.07) is 0.0471. The summed E-state index contributed by atoms with van der Waals surface area (Å²) in [6.45, 7) is 7.39. The SMILES string of the molecule is CC(N)C(C)P(C)(C)=O. The average Bonchev–Trinajstić information content (AvgIpc) is 1.62. The van der Waals surface area contributed by atoms with Gasteiger partial charge in [0.05, 0.1) is 7.14 Å². The summed E-state index contributed by atoms with van der Waals surface area (Å²) < 4.78 is 11.3. The Hall–Kier alpha value is 0.190. The predicted octanol–water partition coefficient (Wildman–Crippen LogP) is 1.34. The third-order valence-electron chi connectivity index (χ3n) is 1.74. The Morgan fingerprint density at radius 3 is 1.67 bits per heavy atom. The van der Waals surface area contributed by atoms with Gasteiger partial charge in [-0.05, 0) is 20.3 Å². The molecule has 0 aliphatic heterocycles. The van der Waals surface area contributed by atoms with Crippen molar-refractivity contribution in [3.05, 3.63) is 0 Å². The highest BCUT2D eigenvalue weighted by Gasteiger charge is 2.20. The van der Waals surface area contributed by atoms with Gasteiger partial charge in [-0.1, -0.05) is 6.92 Å². The highest BCUT2D eigenvalue weighted by Crippen LogP contribution is 2.42. The maximum Gasteiger partial charge on any atom is 0.0860 e. The smallest absolute Gasteiger partial charge is 0.0860 e. The summed E-state index contributed by atoms with van der Waals surface area (Å²) in [4.78, 5) is 0. The molecular formula is C6H16NOP. The Bertz CT molecular complexity index is 127. The molecule has 0 aliphatic carbocycles. The van der Waals surface area contributed by atoms with E-state index >= 15 is 0 Å². The molecule has 0 amide bonds. The van der Waals surface area contributed by atoms with E-state index in [-0.39, 0.29) is 11.7 Å². The zero-order chi connectivity index (χ0) is 7.65. The van der Waals surface area contributed by atoms with E-state index in [4.69, 9.17) is 5.73 Å². The molecule has 0 radical (unpaired) electrons. The second-order valence-corrected chi connectivity index (χ2v) is 6.72. The third kappa shape index (κ3) is 3.02. The lowest BCUT2D eigenvalue weighted by Crippen LogP contribution is -2.28. The lowest BCUT2D eigenvalue weighted by atomic mass is 10.3. The minimum atomic E-state index is -1.94. The number of rotatable bonds is 2. The van der Waals surface area contributed by atoms with Gasteiger partial charge in [0.25, 0.3) is 0 Å². The van der Waals surface area contributed by atoms with Crippen molar-refractivity contribution in [2.45, 2.75) is 25.5 Å². The second-order valence-electron chi connectivity index (χ2n) is 3.03. The maximum absolute atomic E-state index is 11.3. The molecule has 0 saturated carbocycles. The molecule has 0 aromatic carbocycles. The van der Waals surface area contributed by atoms with Gasteiger partial charge in [-0.2, -0.15) is 0 Å². The van der Waals surface area contributed by atoms with Crippen LogP contribution in [-0.2, 0) is 4.57 Å². The second kappa shape index (κ2) is 2.85. The third-order valence-corrected chi connectivity index (χ3v) is 4.17. The first-order valence-electron chi connectivity index (χ1n) is 3.16. The maximum atomic E-state index is 11.3. The molecule has 0 aromatic heterocycles. The Balaban J connectivity index is 4.05. The van der Waals surface area contributed by atoms with Crippen LogP contribution in [0.1, 0.15) is 13.8 Å². The first-order chi connectivity index (χ1) is 3.85. The van der Waals surface area contributed by atoms with Gasteiger partial charge in [-0.3, -0.25) is 0 Å². The van der Waals surface area contributed by atoms with Crippen LogP contribution in [0.2, 0.25) is 0 Å². The van der Waals surface area contributed by atoms with E-state index in [1.807, 2.05) is 13.8 Å². The van der Waals surface area contributed by atoms with Crippen LogP contribution in [0.15, 0.2) is 0 Å². The summed E-state index contributed by atoms with van der Waals surface area (Å²) in [6.07, 6.45) is 0. The molecule has 56 valence electrons. The van der Waals surface area contributed by atoms with Crippen LogP contribution in [0.25, 0.3) is 0 Å². The minimum absolute atomic E-state index is 0.0471. The molecule has 2 N–H and O–H groups in total. The normalized spacial score (nSPS) is 19.2. The first kappa shape index (κ1) is 9.19. The summed E-state index contributed by atoms with van der Waals surface area (Å²) in [5.41, 5.74) is 5.70. The van der Waals surface area contributed by atoms with Gasteiger partial charge < -0.3 is 10.3 Å². The van der Waals surface area contributed by atoms with Crippen LogP contribution in [0.5, 0.6) is 0 Å². The highest BCUT2D eigenvalue weighted by atomic mass is 31.2. The Morgan fingerprint density at radius 1 is 1.33 bits per heavy atom. The van der Waals surface area contributed by atoms with Crippen LogP contribution in [-0.4, -0.2) is 25.0 Å². The van der Waals surface area contributed by atoms with Gasteiger partial charge in [-0.15, -0.1) is 0 Å². The first-order valence-corrected chi connectivity index (χ1v) is 5.83. The predicted molar refractivity (Wildman–Crippen MR) is 42.6 cm³/mol. The summed E-state index contributed by atoms with van der Waals surface area (Å²) >= 11 is 0. The summed E-state index contributed by atoms with van der Waals surface area (Å²) in [5, 5.41) is 0. The zero-order valence-corrected chi connectivity index (χ0v) is 7.48. The molecule has 3 heteroatoms. The van der Waals surface area contributed by atoms with E-state index in [0.717, 1.165) is 0 Å². The van der Waals surface area contributed by atoms with Crippen LogP contribution in [0.3, 0.4) is 0 Å². The monoisotopic (exact) mass is 149 g/mol. The fourth-order valence-electron chi connectivity index (χ4n) is 0.566. The van der Waals surface area contributed by atoms with Gasteiger partial charge >= 0.3 is 0 Å². The molecule has 0 bridgehead atoms. The molecule has 2 unspecified atom stereocenters. The van der Waals surface area contributed by atoms with E-state index in [2.05, 4.69) is 0 Å². The van der Waals surface area contributed by atoms with Crippen molar-refractivity contribution in [3.63, 3.8) is 0 Å². The van der Waals surface area contributed by atoms with Gasteiger partial charge in [0.1, 0.15) is 0 Å². The van der Waals surface area contributed by atoms with E-state index in [0.29, 0.717) is 0 Å². The highest BCUT2D eigenvalue weighted by molar-refractivity contribution is 7.63. The van der Waals surface area contributed by atoms with Crippen molar-refractivity contribution in [1.29, 1.82) is 0 Å². The largest absolute Gasteiger partial charge is 0.327 e. The zero-order valence-electron chi connectivity index (χ0n) is 6.59. The van der Waals surface area contributed by atoms with Crippen molar-refractivity contribution in [1.82, 2.24) is 0 Å². The quantitative estimate of drug-likeness (QED) is 0.602. The molecular weight excluding hydrogens is 133 g/mol. The number of nitrogens with two attached hydrogens (primary N) is 1. The lowest BCUT2D eigenvalue weighted by Gasteiger charge is -2.19. The van der Waals surface area contributed by atoms with Gasteiger partial charge in [0, 0.05) is 11.7 Å². The van der Waals surface area contributed by atoms with E-state index < -0.39 is 7.14 Å². The van der Waals surface area contributed by atoms with Crippen molar-refractivity contribution >= 4 is 7.14 Å². The fourth-order valence-corrected chi connectivity index (χ4v) is 1.70. The van der Waals surface area contributed by atoms with Crippen molar-refractivity contribution in [2.24, 2.45) is 5.73 Å². The fraction of sp³-hybridized carbons (Fsp3) is 1.00. The Labute approximate surface area is 57.2 Å². The average molecular weight is 149 g/mol. The molecule has 0 heterocycles. The molecule has 0 rings (SSSR count). The van der Waals surface area contributed by atoms with Gasteiger partial charge in [-0.25, -0.2) is 0 Å². The van der Waals surface area contributed by atoms with Crippen LogP contribution >= 0.6 is 7.14 Å². The van der Waals surface area contributed by atoms with E-state index in [9.17, 15) is 4.57 Å². The van der Waals surface area contributed by atoms with Crippen LogP contribution in [0.4, 0.5) is 0 Å². The standard InChI is InChI=1S/C6H16NOP/c1-5(7)6(2)9(3,4)8/h5-6H,7H2,1-4H3. The van der Waals surface area contributed by atoms with Gasteiger partial charge in [0.15, 0.2) is 0 Å². The van der Waals surface area contributed by atoms with Crippen molar-refractivity contribution < 1.29 is 4.57 Å². The topological polar surface area (TPSA) is 43.1 Å². The minimum Gasteiger partial charge on any atom is -0.327 e. The van der Waals surface area contributed by atoms with Gasteiger partial charge in [0.2, 0.25) is 0 Å². The summed E-state index contributed by atoms with van der Waals surface area (Å²) in [5.74, 6) is 0. The number of hydrogen-bond donors (Lipinski definition) is 1. The lowest BCUT2D eigenvalue weighted by molar-refractivity contribution is 0.563. The molecule has 0 aromatic rings. The van der Waals surface area contributed by atoms with Crippen LogP contribution in [0, 0.1) is 0 Å². The Kier molecular flexibility index (Phi) is 2.91. The van der Waals surface area contributed by atoms with Crippen LogP contribution < -0.4 is 5.73 Å². The van der Waals surface area contributed by atoms with E-state index in [1.165, 1.54) is 0 Å². The number of hydrogen-bond acceptors (Lipinski definition) is 2. The summed E-state index contributed by atoms with van der Waals surface area (Å²) in [7, 11) is -1.94. The van der Waals surface area contributed by atoms with Crippen molar-refractivity contribution in [3.8, 4) is 0 Å². The molecule has 0 saturated heterocycles. The van der Waals surface area contributed by atoms with E-state index in [1.54, 1.807) is 13.3 Å². The molecule has 0 spiro atoms. The molecule has 2 atom stereocenters. The van der Waals surface area contributed by atoms with Crippen molar-refractivity contribution in [2.75, 3.05) is 13.3 Å².